The predicted molar refractivity (Wildman–Crippen MR) is 138 cm³/mol. The van der Waals surface area contributed by atoms with Crippen LogP contribution < -0.4 is 17.0 Å². The van der Waals surface area contributed by atoms with Gasteiger partial charge in [0.2, 0.25) is 11.4 Å². The quantitative estimate of drug-likeness (QED) is 0.247. The second-order valence-corrected chi connectivity index (χ2v) is 9.67. The Labute approximate surface area is 213 Å². The standard InChI is InChI=1S/C28H31N3S.BrH/c1-27(2)21-12-6-8-14-23(21)30(5)25(27)16-10-17-26-28(3,4)22-13-7-9-15-24(22)31(26)19-11-18-29-20-32;/h6-10,12-17H,5,11,18-19H2,1-4H3;1H/q+2;/p-1. The molecule has 2 aromatic rings. The molecular formula is C28H31BrN3S+. The van der Waals surface area contributed by atoms with E-state index in [9.17, 15) is 0 Å². The van der Waals surface area contributed by atoms with E-state index in [2.05, 4.69) is 120 Å². The van der Waals surface area contributed by atoms with Crippen LogP contribution in [0.1, 0.15) is 45.2 Å². The molecule has 2 heterocycles. The SMILES string of the molecule is C=[N+]1C(=CC=CC2=[N+](CCCN=C=S)c3ccccc3C2(C)C)C(C)(C)c2ccccc21.[Br-]. The third kappa shape index (κ3) is 4.38. The molecule has 5 heteroatoms. The number of isothiocyanates is 1. The van der Waals surface area contributed by atoms with Gasteiger partial charge in [-0.1, -0.05) is 36.4 Å². The molecule has 0 spiro atoms. The largest absolute Gasteiger partial charge is 1.00 e. The van der Waals surface area contributed by atoms with Crippen LogP contribution in [0.4, 0.5) is 11.4 Å². The van der Waals surface area contributed by atoms with Gasteiger partial charge in [0, 0.05) is 41.8 Å². The van der Waals surface area contributed by atoms with Gasteiger partial charge in [-0.05, 0) is 46.0 Å². The van der Waals surface area contributed by atoms with Crippen molar-refractivity contribution in [3.8, 4) is 0 Å². The van der Waals surface area contributed by atoms with Gasteiger partial charge in [-0.15, -0.1) is 0 Å². The molecular weight excluding hydrogens is 490 g/mol. The average Bonchev–Trinajstić information content (AvgIpc) is 3.11. The Bertz CT molecular complexity index is 1230. The van der Waals surface area contributed by atoms with E-state index < -0.39 is 0 Å². The first-order valence-electron chi connectivity index (χ1n) is 11.2. The number of aliphatic imine (C=N–C) groups is 1. The number of fused-ring (bicyclic) bond motifs is 2. The highest BCUT2D eigenvalue weighted by Gasteiger charge is 2.45. The van der Waals surface area contributed by atoms with E-state index >= 15 is 0 Å². The smallest absolute Gasteiger partial charge is 0.214 e. The molecule has 0 aliphatic carbocycles. The molecule has 2 aliphatic heterocycles. The number of hydrogen-bond acceptors (Lipinski definition) is 2. The van der Waals surface area contributed by atoms with Crippen molar-refractivity contribution in [2.75, 3.05) is 13.1 Å². The van der Waals surface area contributed by atoms with Gasteiger partial charge in [-0.25, -0.2) is 4.99 Å². The molecule has 0 saturated carbocycles. The molecule has 0 N–H and O–H groups in total. The van der Waals surface area contributed by atoms with E-state index in [0.29, 0.717) is 6.54 Å². The summed E-state index contributed by atoms with van der Waals surface area (Å²) in [6.07, 6.45) is 7.60. The van der Waals surface area contributed by atoms with Crippen molar-refractivity contribution in [2.45, 2.75) is 44.9 Å². The zero-order valence-corrected chi connectivity index (χ0v) is 22.2. The van der Waals surface area contributed by atoms with Crippen LogP contribution in [0.2, 0.25) is 0 Å². The van der Waals surface area contributed by atoms with Gasteiger partial charge in [-0.3, -0.25) is 0 Å². The van der Waals surface area contributed by atoms with Crippen molar-refractivity contribution in [2.24, 2.45) is 4.99 Å². The molecule has 2 aliphatic rings. The fourth-order valence-corrected chi connectivity index (χ4v) is 5.20. The number of hydrogen-bond donors (Lipinski definition) is 0. The second kappa shape index (κ2) is 9.80. The average molecular weight is 522 g/mol. The molecule has 0 bridgehead atoms. The Kier molecular flexibility index (Phi) is 7.48. The summed E-state index contributed by atoms with van der Waals surface area (Å²) in [5.41, 5.74) is 7.48. The maximum atomic E-state index is 4.72. The van der Waals surface area contributed by atoms with Crippen molar-refractivity contribution in [3.63, 3.8) is 0 Å². The fourth-order valence-electron chi connectivity index (χ4n) is 5.11. The first-order valence-corrected chi connectivity index (χ1v) is 11.6. The second-order valence-electron chi connectivity index (χ2n) is 9.49. The Morgan fingerprint density at radius 2 is 1.58 bits per heavy atom. The highest BCUT2D eigenvalue weighted by atomic mass is 79.9. The maximum Gasteiger partial charge on any atom is 0.214 e. The zero-order valence-electron chi connectivity index (χ0n) is 19.8. The maximum absolute atomic E-state index is 4.72. The lowest BCUT2D eigenvalue weighted by molar-refractivity contribution is -0.437. The van der Waals surface area contributed by atoms with Gasteiger partial charge < -0.3 is 17.0 Å². The van der Waals surface area contributed by atoms with Crippen LogP contribution in [-0.2, 0) is 10.8 Å². The minimum atomic E-state index is -0.0834. The monoisotopic (exact) mass is 520 g/mol. The van der Waals surface area contributed by atoms with Crippen LogP contribution in [0.15, 0.2) is 77.4 Å². The number of nitrogens with zero attached hydrogens (tertiary/aromatic N) is 3. The molecule has 0 atom stereocenters. The molecule has 3 nitrogen and oxygen atoms in total. The number of thiocarbonyl (C=S) groups is 1. The summed E-state index contributed by atoms with van der Waals surface area (Å²) in [6, 6.07) is 17.2. The summed E-state index contributed by atoms with van der Waals surface area (Å²) < 4.78 is 4.50. The third-order valence-corrected chi connectivity index (χ3v) is 6.95. The highest BCUT2D eigenvalue weighted by molar-refractivity contribution is 7.78. The van der Waals surface area contributed by atoms with Crippen LogP contribution in [0.3, 0.4) is 0 Å². The molecule has 0 saturated heterocycles. The molecule has 0 fully saturated rings. The van der Waals surface area contributed by atoms with Crippen molar-refractivity contribution >= 4 is 41.2 Å². The van der Waals surface area contributed by atoms with Gasteiger partial charge >= 0.3 is 0 Å². The van der Waals surface area contributed by atoms with E-state index in [1.807, 2.05) is 0 Å². The van der Waals surface area contributed by atoms with Crippen LogP contribution in [-0.4, -0.2) is 39.8 Å². The summed E-state index contributed by atoms with van der Waals surface area (Å²) >= 11 is 4.72. The van der Waals surface area contributed by atoms with Crippen molar-refractivity contribution in [1.82, 2.24) is 0 Å². The molecule has 0 aromatic heterocycles. The number of allylic oxidation sites excluding steroid dienone is 4. The fraction of sp³-hybridized carbons (Fsp3) is 0.321. The molecule has 0 amide bonds. The van der Waals surface area contributed by atoms with E-state index in [1.54, 1.807) is 0 Å². The Morgan fingerprint density at radius 1 is 0.970 bits per heavy atom. The summed E-state index contributed by atoms with van der Waals surface area (Å²) in [4.78, 5) is 4.10. The predicted octanol–water partition coefficient (Wildman–Crippen LogP) is 3.34. The highest BCUT2D eigenvalue weighted by Crippen LogP contribution is 2.46. The van der Waals surface area contributed by atoms with Crippen molar-refractivity contribution < 1.29 is 26.1 Å². The number of para-hydroxylation sites is 2. The number of halogens is 1. The summed E-state index contributed by atoms with van der Waals surface area (Å²) in [5.74, 6) is 0. The minimum absolute atomic E-state index is 0. The minimum Gasteiger partial charge on any atom is -1.00 e. The summed E-state index contributed by atoms with van der Waals surface area (Å²) in [7, 11) is 0. The van der Waals surface area contributed by atoms with Gasteiger partial charge in [0.25, 0.3) is 0 Å². The molecule has 33 heavy (non-hydrogen) atoms. The molecule has 0 radical (unpaired) electrons. The van der Waals surface area contributed by atoms with Gasteiger partial charge in [-0.2, -0.15) is 9.15 Å². The van der Waals surface area contributed by atoms with E-state index in [4.69, 9.17) is 12.2 Å². The summed E-state index contributed by atoms with van der Waals surface area (Å²) in [5, 5.41) is 2.48. The van der Waals surface area contributed by atoms with Crippen LogP contribution in [0.5, 0.6) is 0 Å². The van der Waals surface area contributed by atoms with Gasteiger partial charge in [0.1, 0.15) is 6.72 Å². The van der Waals surface area contributed by atoms with Crippen LogP contribution in [0, 0.1) is 0 Å². The molecule has 0 unspecified atom stereocenters. The first-order chi connectivity index (χ1) is 15.3. The lowest BCUT2D eigenvalue weighted by atomic mass is 9.81. The molecule has 2 aromatic carbocycles. The van der Waals surface area contributed by atoms with Crippen LogP contribution >= 0.6 is 12.2 Å². The zero-order chi connectivity index (χ0) is 22.9. The van der Waals surface area contributed by atoms with Crippen molar-refractivity contribution in [3.05, 3.63) is 83.6 Å². The first kappa shape index (κ1) is 25.2. The van der Waals surface area contributed by atoms with E-state index in [1.165, 1.54) is 33.9 Å². The van der Waals surface area contributed by atoms with E-state index in [-0.39, 0.29) is 27.8 Å². The van der Waals surface area contributed by atoms with Gasteiger partial charge in [0.05, 0.1) is 22.5 Å². The Hall–Kier alpha value is -2.46. The topological polar surface area (TPSA) is 18.4 Å². The normalized spacial score (nSPS) is 18.8. The Morgan fingerprint density at radius 3 is 2.21 bits per heavy atom. The lowest BCUT2D eigenvalue weighted by Gasteiger charge is -2.15. The van der Waals surface area contributed by atoms with Crippen molar-refractivity contribution in [1.29, 1.82) is 0 Å². The summed E-state index contributed by atoms with van der Waals surface area (Å²) in [6.45, 7) is 15.1. The molecule has 170 valence electrons. The van der Waals surface area contributed by atoms with E-state index in [0.717, 1.165) is 13.0 Å². The number of benzene rings is 2. The molecule has 4 rings (SSSR count). The van der Waals surface area contributed by atoms with Crippen LogP contribution in [0.25, 0.3) is 0 Å². The third-order valence-electron chi connectivity index (χ3n) is 6.82. The number of rotatable bonds is 6. The van der Waals surface area contributed by atoms with Gasteiger partial charge in [0.15, 0.2) is 18.0 Å². The Balaban J connectivity index is 0.00000306. The lowest BCUT2D eigenvalue weighted by Crippen LogP contribution is -3.00.